The first-order valence-electron chi connectivity index (χ1n) is 9.45. The van der Waals surface area contributed by atoms with Crippen LogP contribution in [0.5, 0.6) is 5.75 Å². The first-order valence-corrected chi connectivity index (χ1v) is 10.3. The molecule has 3 aromatic rings. The number of benzene rings is 2. The molecule has 2 aromatic carbocycles. The number of aromatic nitrogens is 1. The highest BCUT2D eigenvalue weighted by Crippen LogP contribution is 2.30. The van der Waals surface area contributed by atoms with Gasteiger partial charge in [0.15, 0.2) is 11.6 Å². The van der Waals surface area contributed by atoms with Crippen molar-refractivity contribution in [2.75, 3.05) is 13.1 Å². The second-order valence-corrected chi connectivity index (χ2v) is 7.98. The van der Waals surface area contributed by atoms with Crippen molar-refractivity contribution in [1.82, 2.24) is 9.88 Å². The maximum Gasteiger partial charge on any atom is 0.265 e. The van der Waals surface area contributed by atoms with E-state index in [1.165, 1.54) is 23.5 Å². The molecular formula is C22H20F2N2O2S. The number of thiazole rings is 1. The van der Waals surface area contributed by atoms with E-state index < -0.39 is 11.6 Å². The molecule has 1 aromatic heterocycles. The highest BCUT2D eigenvalue weighted by molar-refractivity contribution is 7.17. The van der Waals surface area contributed by atoms with Crippen molar-refractivity contribution in [2.24, 2.45) is 0 Å². The predicted octanol–water partition coefficient (Wildman–Crippen LogP) is 5.08. The molecule has 1 aliphatic rings. The largest absolute Gasteiger partial charge is 0.487 e. The van der Waals surface area contributed by atoms with Crippen LogP contribution in [-0.2, 0) is 0 Å². The van der Waals surface area contributed by atoms with Gasteiger partial charge in [-0.1, -0.05) is 30.3 Å². The van der Waals surface area contributed by atoms with E-state index in [-0.39, 0.29) is 17.8 Å². The zero-order valence-corrected chi connectivity index (χ0v) is 16.7. The summed E-state index contributed by atoms with van der Waals surface area (Å²) >= 11 is 1.40. The molecule has 4 nitrogen and oxygen atoms in total. The molecule has 4 rings (SSSR count). The molecule has 0 unspecified atom stereocenters. The molecule has 0 aliphatic carbocycles. The lowest BCUT2D eigenvalue weighted by Gasteiger charge is -2.32. The molecule has 0 atom stereocenters. The van der Waals surface area contributed by atoms with Crippen LogP contribution >= 0.6 is 11.3 Å². The minimum absolute atomic E-state index is 0.0337. The van der Waals surface area contributed by atoms with Crippen molar-refractivity contribution in [3.8, 4) is 16.3 Å². The number of hydrogen-bond acceptors (Lipinski definition) is 4. The fourth-order valence-corrected chi connectivity index (χ4v) is 4.41. The summed E-state index contributed by atoms with van der Waals surface area (Å²) in [4.78, 5) is 20.0. The van der Waals surface area contributed by atoms with Gasteiger partial charge in [-0.3, -0.25) is 4.79 Å². The molecule has 0 bridgehead atoms. The number of piperidine rings is 1. The quantitative estimate of drug-likeness (QED) is 0.598. The summed E-state index contributed by atoms with van der Waals surface area (Å²) in [5.41, 5.74) is 1.72. The van der Waals surface area contributed by atoms with E-state index in [1.807, 2.05) is 37.3 Å². The van der Waals surface area contributed by atoms with Crippen LogP contribution in [0.4, 0.5) is 8.78 Å². The Hall–Kier alpha value is -2.80. The third-order valence-corrected chi connectivity index (χ3v) is 6.12. The molecule has 1 aliphatic heterocycles. The number of hydrogen-bond donors (Lipinski definition) is 0. The zero-order valence-electron chi connectivity index (χ0n) is 15.9. The molecule has 1 saturated heterocycles. The van der Waals surface area contributed by atoms with Crippen LogP contribution in [0.3, 0.4) is 0 Å². The number of rotatable bonds is 4. The van der Waals surface area contributed by atoms with Crippen LogP contribution in [0.15, 0.2) is 48.5 Å². The molecule has 7 heteroatoms. The molecule has 2 heterocycles. The van der Waals surface area contributed by atoms with E-state index in [0.717, 1.165) is 22.3 Å². The predicted molar refractivity (Wildman–Crippen MR) is 108 cm³/mol. The SMILES string of the molecule is Cc1nc(-c2ccccc2)sc1C(=O)N1CCC(Oc2ccc(F)cc2F)CC1. The first kappa shape index (κ1) is 19.5. The van der Waals surface area contributed by atoms with Crippen molar-refractivity contribution in [3.63, 3.8) is 0 Å². The van der Waals surface area contributed by atoms with E-state index in [1.54, 1.807) is 4.90 Å². The number of ether oxygens (including phenoxy) is 1. The summed E-state index contributed by atoms with van der Waals surface area (Å²) in [6, 6.07) is 13.1. The minimum Gasteiger partial charge on any atom is -0.487 e. The van der Waals surface area contributed by atoms with Gasteiger partial charge in [0.25, 0.3) is 5.91 Å². The van der Waals surface area contributed by atoms with Crippen LogP contribution < -0.4 is 4.74 Å². The minimum atomic E-state index is -0.711. The fraction of sp³-hybridized carbons (Fsp3) is 0.273. The van der Waals surface area contributed by atoms with E-state index in [0.29, 0.717) is 30.8 Å². The number of aryl methyl sites for hydroxylation is 1. The van der Waals surface area contributed by atoms with Gasteiger partial charge >= 0.3 is 0 Å². The lowest BCUT2D eigenvalue weighted by Crippen LogP contribution is -2.41. The van der Waals surface area contributed by atoms with E-state index in [2.05, 4.69) is 4.98 Å². The summed E-state index contributed by atoms with van der Waals surface area (Å²) in [7, 11) is 0. The molecule has 0 spiro atoms. The van der Waals surface area contributed by atoms with Crippen molar-refractivity contribution in [3.05, 3.63) is 70.7 Å². The number of nitrogens with zero attached hydrogens (tertiary/aromatic N) is 2. The Morgan fingerprint density at radius 3 is 2.55 bits per heavy atom. The van der Waals surface area contributed by atoms with Crippen molar-refractivity contribution < 1.29 is 18.3 Å². The second kappa shape index (κ2) is 8.29. The summed E-state index contributed by atoms with van der Waals surface area (Å²) < 4.78 is 32.5. The third kappa shape index (κ3) is 4.29. The summed E-state index contributed by atoms with van der Waals surface area (Å²) in [6.07, 6.45) is 0.971. The zero-order chi connectivity index (χ0) is 20.4. The second-order valence-electron chi connectivity index (χ2n) is 6.98. The van der Waals surface area contributed by atoms with Gasteiger partial charge < -0.3 is 9.64 Å². The van der Waals surface area contributed by atoms with Crippen molar-refractivity contribution >= 4 is 17.2 Å². The lowest BCUT2D eigenvalue weighted by atomic mass is 10.1. The van der Waals surface area contributed by atoms with Gasteiger partial charge in [-0.25, -0.2) is 13.8 Å². The highest BCUT2D eigenvalue weighted by Gasteiger charge is 2.28. The molecule has 29 heavy (non-hydrogen) atoms. The molecular weight excluding hydrogens is 394 g/mol. The molecule has 1 fully saturated rings. The average Bonchev–Trinajstić information content (AvgIpc) is 3.12. The first-order chi connectivity index (χ1) is 14.0. The molecule has 150 valence electrons. The Morgan fingerprint density at radius 1 is 1.14 bits per heavy atom. The molecule has 1 amide bonds. The maximum atomic E-state index is 13.8. The normalized spacial score (nSPS) is 14.8. The fourth-order valence-electron chi connectivity index (χ4n) is 3.37. The topological polar surface area (TPSA) is 42.4 Å². The number of halogens is 2. The Labute approximate surface area is 171 Å². The number of carbonyl (C=O) groups excluding carboxylic acids is 1. The standard InChI is InChI=1S/C22H20F2N2O2S/c1-14-20(29-21(25-14)15-5-3-2-4-6-15)22(27)26-11-9-17(10-12-26)28-19-8-7-16(23)13-18(19)24/h2-8,13,17H,9-12H2,1H3. The van der Waals surface area contributed by atoms with Crippen LogP contribution in [0.1, 0.15) is 28.2 Å². The highest BCUT2D eigenvalue weighted by atomic mass is 32.1. The Balaban J connectivity index is 1.40. The summed E-state index contributed by atoms with van der Waals surface area (Å²) in [6.45, 7) is 2.89. The van der Waals surface area contributed by atoms with Crippen molar-refractivity contribution in [1.29, 1.82) is 0 Å². The number of carbonyl (C=O) groups is 1. The van der Waals surface area contributed by atoms with Crippen LogP contribution in [0, 0.1) is 18.6 Å². The average molecular weight is 414 g/mol. The summed E-state index contributed by atoms with van der Waals surface area (Å²) in [5, 5.41) is 0.830. The summed E-state index contributed by atoms with van der Waals surface area (Å²) in [5.74, 6) is -1.34. The van der Waals surface area contributed by atoms with Gasteiger partial charge in [0, 0.05) is 37.6 Å². The molecule has 0 N–H and O–H groups in total. The van der Waals surface area contributed by atoms with Gasteiger partial charge in [0.2, 0.25) is 0 Å². The van der Waals surface area contributed by atoms with Gasteiger partial charge in [-0.2, -0.15) is 0 Å². The van der Waals surface area contributed by atoms with E-state index in [9.17, 15) is 13.6 Å². The van der Waals surface area contributed by atoms with Gasteiger partial charge in [-0.05, 0) is 19.1 Å². The smallest absolute Gasteiger partial charge is 0.265 e. The van der Waals surface area contributed by atoms with E-state index in [4.69, 9.17) is 4.74 Å². The van der Waals surface area contributed by atoms with Crippen LogP contribution in [0.2, 0.25) is 0 Å². The number of amides is 1. The Kier molecular flexibility index (Phi) is 5.58. The van der Waals surface area contributed by atoms with Crippen molar-refractivity contribution in [2.45, 2.75) is 25.9 Å². The van der Waals surface area contributed by atoms with Gasteiger partial charge in [-0.15, -0.1) is 11.3 Å². The van der Waals surface area contributed by atoms with Crippen LogP contribution in [-0.4, -0.2) is 35.0 Å². The van der Waals surface area contributed by atoms with E-state index >= 15 is 0 Å². The maximum absolute atomic E-state index is 13.8. The Morgan fingerprint density at radius 2 is 1.86 bits per heavy atom. The van der Waals surface area contributed by atoms with Gasteiger partial charge in [0.05, 0.1) is 5.69 Å². The third-order valence-electron chi connectivity index (χ3n) is 4.93. The van der Waals surface area contributed by atoms with Crippen LogP contribution in [0.25, 0.3) is 10.6 Å². The molecule has 0 radical (unpaired) electrons. The Bertz CT molecular complexity index is 1010. The molecule has 0 saturated carbocycles. The number of likely N-dealkylation sites (tertiary alicyclic amines) is 1. The van der Waals surface area contributed by atoms with Gasteiger partial charge in [0.1, 0.15) is 21.8 Å². The lowest BCUT2D eigenvalue weighted by molar-refractivity contribution is 0.0591. The monoisotopic (exact) mass is 414 g/mol.